The van der Waals surface area contributed by atoms with E-state index in [4.69, 9.17) is 0 Å². The number of aryl methyl sites for hydroxylation is 2. The number of hydrogen-bond acceptors (Lipinski definition) is 4. The molecule has 1 unspecified atom stereocenters. The minimum Gasteiger partial charge on any atom is -0.339 e. The molecule has 1 atom stereocenters. The molecule has 0 saturated heterocycles. The Morgan fingerprint density at radius 1 is 1.06 bits per heavy atom. The molecular weight excluding hydrogens is 452 g/mol. The van der Waals surface area contributed by atoms with Gasteiger partial charge in [0.15, 0.2) is 0 Å². The van der Waals surface area contributed by atoms with E-state index in [2.05, 4.69) is 32.9 Å². The van der Waals surface area contributed by atoms with Gasteiger partial charge in [0, 0.05) is 35.6 Å². The normalized spacial score (nSPS) is 18.3. The van der Waals surface area contributed by atoms with E-state index in [0.29, 0.717) is 30.0 Å². The highest BCUT2D eigenvalue weighted by Crippen LogP contribution is 2.51. The van der Waals surface area contributed by atoms with Crippen LogP contribution < -0.4 is 10.6 Å². The van der Waals surface area contributed by atoms with E-state index in [1.807, 2.05) is 31.2 Å². The number of aromatic amines is 1. The van der Waals surface area contributed by atoms with Crippen molar-refractivity contribution in [2.45, 2.75) is 70.9 Å². The summed E-state index contributed by atoms with van der Waals surface area (Å²) >= 11 is 0. The average Bonchev–Trinajstić information content (AvgIpc) is 3.77. The van der Waals surface area contributed by atoms with E-state index in [-0.39, 0.29) is 17.7 Å². The van der Waals surface area contributed by atoms with Crippen LogP contribution in [0, 0.1) is 24.7 Å². The summed E-state index contributed by atoms with van der Waals surface area (Å²) < 4.78 is 1.67. The molecule has 0 bridgehead atoms. The van der Waals surface area contributed by atoms with Gasteiger partial charge in [-0.15, -0.1) is 0 Å². The van der Waals surface area contributed by atoms with E-state index in [1.165, 1.54) is 18.4 Å². The fourth-order valence-electron chi connectivity index (χ4n) is 5.63. The number of nitrogens with one attached hydrogen (secondary N) is 3. The van der Waals surface area contributed by atoms with Gasteiger partial charge < -0.3 is 10.6 Å². The maximum absolute atomic E-state index is 13.6. The van der Waals surface area contributed by atoms with Gasteiger partial charge in [-0.05, 0) is 93.9 Å². The number of aromatic nitrogens is 4. The second-order valence-electron chi connectivity index (χ2n) is 10.7. The van der Waals surface area contributed by atoms with Gasteiger partial charge in [-0.2, -0.15) is 10.2 Å². The molecule has 3 N–H and O–H groups in total. The summed E-state index contributed by atoms with van der Waals surface area (Å²) in [5, 5.41) is 18.1. The molecule has 3 saturated carbocycles. The van der Waals surface area contributed by atoms with Crippen molar-refractivity contribution in [3.8, 4) is 11.1 Å². The van der Waals surface area contributed by atoms with Crippen molar-refractivity contribution in [3.63, 3.8) is 0 Å². The number of nitrogens with zero attached hydrogens (tertiary/aromatic N) is 3. The first-order valence-electron chi connectivity index (χ1n) is 13.3. The monoisotopic (exact) mass is 486 g/mol. The number of amides is 2. The fourth-order valence-corrected chi connectivity index (χ4v) is 5.63. The summed E-state index contributed by atoms with van der Waals surface area (Å²) in [7, 11) is 0. The van der Waals surface area contributed by atoms with Crippen molar-refractivity contribution in [3.05, 3.63) is 53.6 Å². The third-order valence-corrected chi connectivity index (χ3v) is 7.92. The number of carbonyl (C=O) groups is 2. The second kappa shape index (κ2) is 9.22. The summed E-state index contributed by atoms with van der Waals surface area (Å²) in [4.78, 5) is 26.8. The van der Waals surface area contributed by atoms with Crippen LogP contribution in [0.25, 0.3) is 11.1 Å². The van der Waals surface area contributed by atoms with Gasteiger partial charge in [-0.3, -0.25) is 19.4 Å². The Labute approximate surface area is 211 Å². The van der Waals surface area contributed by atoms with Crippen molar-refractivity contribution in [1.82, 2.24) is 25.3 Å². The molecule has 0 radical (unpaired) electrons. The predicted octanol–water partition coefficient (Wildman–Crippen LogP) is 4.65. The van der Waals surface area contributed by atoms with Crippen LogP contribution in [0.15, 0.2) is 36.5 Å². The molecule has 3 aromatic rings. The van der Waals surface area contributed by atoms with Gasteiger partial charge in [0.05, 0.1) is 5.69 Å². The average molecular weight is 487 g/mol. The van der Waals surface area contributed by atoms with Crippen molar-refractivity contribution >= 4 is 17.5 Å². The lowest BCUT2D eigenvalue weighted by atomic mass is 9.88. The third kappa shape index (κ3) is 4.56. The van der Waals surface area contributed by atoms with Crippen LogP contribution in [0.3, 0.4) is 0 Å². The largest absolute Gasteiger partial charge is 0.339 e. The van der Waals surface area contributed by atoms with Crippen molar-refractivity contribution < 1.29 is 9.59 Å². The molecule has 3 aliphatic carbocycles. The van der Waals surface area contributed by atoms with Gasteiger partial charge in [0.2, 0.25) is 5.91 Å². The topological polar surface area (TPSA) is 105 Å². The Morgan fingerprint density at radius 2 is 1.75 bits per heavy atom. The Balaban J connectivity index is 1.21. The predicted molar refractivity (Wildman–Crippen MR) is 137 cm³/mol. The van der Waals surface area contributed by atoms with Crippen LogP contribution in [0.2, 0.25) is 0 Å². The van der Waals surface area contributed by atoms with E-state index in [1.54, 1.807) is 16.9 Å². The lowest BCUT2D eigenvalue weighted by Gasteiger charge is -2.27. The number of rotatable bonds is 10. The zero-order chi connectivity index (χ0) is 24.8. The fraction of sp³-hybridized carbons (Fsp3) is 0.500. The van der Waals surface area contributed by atoms with Crippen LogP contribution in [-0.4, -0.2) is 37.8 Å². The highest BCUT2D eigenvalue weighted by Gasteiger charge is 2.48. The first-order chi connectivity index (χ1) is 17.5. The Bertz CT molecular complexity index is 1250. The summed E-state index contributed by atoms with van der Waals surface area (Å²) in [6.45, 7) is 4.61. The maximum atomic E-state index is 13.6. The zero-order valence-electron chi connectivity index (χ0n) is 21.0. The standard InChI is InChI=1S/C28H34N6O2/c1-3-34-22(14-15-29-34)27(35)31-26(24(18-4-5-18)19-6-7-19)28(36)30-21-12-10-17(11-13-21)23-16(2)32-33-25(23)20-8-9-20/h10-15,18-20,24,26H,3-9H2,1-2H3,(H,30,36)(H,31,35)(H,32,33). The van der Waals surface area contributed by atoms with Gasteiger partial charge in [0.25, 0.3) is 5.91 Å². The van der Waals surface area contributed by atoms with Crippen LogP contribution in [0.4, 0.5) is 5.69 Å². The second-order valence-corrected chi connectivity index (χ2v) is 10.7. The molecule has 3 aliphatic rings. The molecule has 2 aromatic heterocycles. The van der Waals surface area contributed by atoms with E-state index < -0.39 is 6.04 Å². The molecule has 0 spiro atoms. The molecule has 3 fully saturated rings. The van der Waals surface area contributed by atoms with Crippen molar-refractivity contribution in [1.29, 1.82) is 0 Å². The number of anilines is 1. The quantitative estimate of drug-likeness (QED) is 0.388. The summed E-state index contributed by atoms with van der Waals surface area (Å²) in [5.41, 5.74) is 5.73. The van der Waals surface area contributed by atoms with E-state index in [9.17, 15) is 9.59 Å². The summed E-state index contributed by atoms with van der Waals surface area (Å²) in [6.07, 6.45) is 8.56. The lowest BCUT2D eigenvalue weighted by Crippen LogP contribution is -2.50. The minimum atomic E-state index is -0.560. The van der Waals surface area contributed by atoms with Gasteiger partial charge in [-0.25, -0.2) is 0 Å². The number of benzene rings is 1. The molecule has 188 valence electrons. The van der Waals surface area contributed by atoms with Crippen molar-refractivity contribution in [2.75, 3.05) is 5.32 Å². The molecular formula is C28H34N6O2. The number of H-pyrrole nitrogens is 1. The number of hydrogen-bond donors (Lipinski definition) is 3. The van der Waals surface area contributed by atoms with Gasteiger partial charge >= 0.3 is 0 Å². The van der Waals surface area contributed by atoms with Crippen molar-refractivity contribution in [2.24, 2.45) is 17.8 Å². The maximum Gasteiger partial charge on any atom is 0.270 e. The molecule has 8 heteroatoms. The summed E-state index contributed by atoms with van der Waals surface area (Å²) in [6, 6.07) is 9.14. The van der Waals surface area contributed by atoms with Crippen LogP contribution >= 0.6 is 0 Å². The van der Waals surface area contributed by atoms with Crippen LogP contribution in [0.1, 0.15) is 73.2 Å². The van der Waals surface area contributed by atoms with Crippen LogP contribution in [-0.2, 0) is 11.3 Å². The molecule has 36 heavy (non-hydrogen) atoms. The highest BCUT2D eigenvalue weighted by atomic mass is 16.2. The lowest BCUT2D eigenvalue weighted by molar-refractivity contribution is -0.119. The van der Waals surface area contributed by atoms with Gasteiger partial charge in [-0.1, -0.05) is 12.1 Å². The van der Waals surface area contributed by atoms with Crippen LogP contribution in [0.5, 0.6) is 0 Å². The summed E-state index contributed by atoms with van der Waals surface area (Å²) in [5.74, 6) is 1.38. The minimum absolute atomic E-state index is 0.138. The van der Waals surface area contributed by atoms with E-state index in [0.717, 1.165) is 48.3 Å². The highest BCUT2D eigenvalue weighted by molar-refractivity contribution is 6.01. The smallest absolute Gasteiger partial charge is 0.270 e. The molecule has 0 aliphatic heterocycles. The zero-order valence-corrected chi connectivity index (χ0v) is 21.0. The Hall–Kier alpha value is -3.42. The Morgan fingerprint density at radius 3 is 2.36 bits per heavy atom. The van der Waals surface area contributed by atoms with E-state index >= 15 is 0 Å². The SMILES string of the molecule is CCn1nccc1C(=O)NC(C(=O)Nc1ccc(-c2c(C3CC3)n[nH]c2C)cc1)C(C1CC1)C1CC1. The number of carbonyl (C=O) groups excluding carboxylic acids is 2. The third-order valence-electron chi connectivity index (χ3n) is 7.92. The molecule has 1 aromatic carbocycles. The molecule has 6 rings (SSSR count). The first kappa shape index (κ1) is 23.0. The molecule has 8 nitrogen and oxygen atoms in total. The Kier molecular flexibility index (Phi) is 5.90. The van der Waals surface area contributed by atoms with Gasteiger partial charge in [0.1, 0.15) is 11.7 Å². The molecule has 2 amide bonds. The molecule has 2 heterocycles. The first-order valence-corrected chi connectivity index (χ1v) is 13.3.